The van der Waals surface area contributed by atoms with Gasteiger partial charge in [0.15, 0.2) is 11.5 Å². The van der Waals surface area contributed by atoms with Crippen molar-refractivity contribution in [1.29, 1.82) is 0 Å². The Morgan fingerprint density at radius 1 is 1.36 bits per heavy atom. The summed E-state index contributed by atoms with van der Waals surface area (Å²) in [5, 5.41) is 10.3. The zero-order valence-corrected chi connectivity index (χ0v) is 12.7. The van der Waals surface area contributed by atoms with E-state index in [-0.39, 0.29) is 17.6 Å². The monoisotopic (exact) mass is 303 g/mol. The van der Waals surface area contributed by atoms with Gasteiger partial charge < -0.3 is 19.7 Å². The number of hydrogen-bond acceptors (Lipinski definition) is 6. The highest BCUT2D eigenvalue weighted by Gasteiger charge is 2.56. The lowest BCUT2D eigenvalue weighted by Crippen LogP contribution is -2.62. The molecule has 2 atom stereocenters. The molecule has 118 valence electrons. The number of aromatic nitrogens is 4. The zero-order chi connectivity index (χ0) is 15.2. The lowest BCUT2D eigenvalue weighted by atomic mass is 9.58. The summed E-state index contributed by atoms with van der Waals surface area (Å²) in [4.78, 5) is 18.1. The van der Waals surface area contributed by atoms with Gasteiger partial charge in [-0.15, -0.1) is 0 Å². The Bertz CT molecular complexity index is 663. The van der Waals surface area contributed by atoms with Gasteiger partial charge in [0.25, 0.3) is 0 Å². The molecule has 2 aromatic rings. The van der Waals surface area contributed by atoms with E-state index in [4.69, 9.17) is 4.74 Å². The number of fused-ring (bicyclic) bond motifs is 1. The molecule has 4 rings (SSSR count). The fourth-order valence-corrected chi connectivity index (χ4v) is 3.94. The van der Waals surface area contributed by atoms with Gasteiger partial charge in [0.2, 0.25) is 0 Å². The van der Waals surface area contributed by atoms with Gasteiger partial charge in [0.05, 0.1) is 18.5 Å². The standard InChI is InChI=1S/C15H21N5O2/c1-2-22-11-7-10(21)15(11)3-5-20(6-4-15)14-12-13(17-8-16-12)18-9-19-14/h8-11,21H,2-7H2,1H3,(H,16,17,18,19)/t10-,11-/m1/s1. The van der Waals surface area contributed by atoms with Gasteiger partial charge in [-0.2, -0.15) is 0 Å². The van der Waals surface area contributed by atoms with Crippen LogP contribution in [0.5, 0.6) is 0 Å². The number of rotatable bonds is 3. The number of piperidine rings is 1. The first-order chi connectivity index (χ1) is 10.7. The predicted octanol–water partition coefficient (Wildman–Crippen LogP) is 1.11. The molecule has 0 radical (unpaired) electrons. The Labute approximate surface area is 128 Å². The second-order valence-corrected chi connectivity index (χ2v) is 6.21. The summed E-state index contributed by atoms with van der Waals surface area (Å²) in [6, 6.07) is 0. The second kappa shape index (κ2) is 5.17. The number of nitrogens with zero attached hydrogens (tertiary/aromatic N) is 4. The predicted molar refractivity (Wildman–Crippen MR) is 81.6 cm³/mol. The van der Waals surface area contributed by atoms with E-state index in [1.54, 1.807) is 12.7 Å². The Balaban J connectivity index is 1.53. The van der Waals surface area contributed by atoms with Gasteiger partial charge in [-0.3, -0.25) is 0 Å². The van der Waals surface area contributed by atoms with Gasteiger partial charge in [-0.1, -0.05) is 0 Å². The summed E-state index contributed by atoms with van der Waals surface area (Å²) < 4.78 is 5.82. The van der Waals surface area contributed by atoms with Gasteiger partial charge in [-0.05, 0) is 19.8 Å². The van der Waals surface area contributed by atoms with E-state index in [1.165, 1.54) is 0 Å². The van der Waals surface area contributed by atoms with Crippen LogP contribution in [0.25, 0.3) is 11.2 Å². The quantitative estimate of drug-likeness (QED) is 0.883. The molecule has 2 aromatic heterocycles. The topological polar surface area (TPSA) is 87.2 Å². The number of hydrogen-bond donors (Lipinski definition) is 2. The molecule has 1 saturated heterocycles. The van der Waals surface area contributed by atoms with Gasteiger partial charge in [0, 0.05) is 31.5 Å². The third-order valence-electron chi connectivity index (χ3n) is 5.31. The van der Waals surface area contributed by atoms with Crippen LogP contribution in [0.3, 0.4) is 0 Å². The molecule has 22 heavy (non-hydrogen) atoms. The molecule has 0 bridgehead atoms. The minimum Gasteiger partial charge on any atom is -0.392 e. The van der Waals surface area contributed by atoms with E-state index in [9.17, 15) is 5.11 Å². The van der Waals surface area contributed by atoms with Crippen molar-refractivity contribution in [2.24, 2.45) is 5.41 Å². The molecule has 2 fully saturated rings. The average molecular weight is 303 g/mol. The molecule has 1 spiro atoms. The summed E-state index contributed by atoms with van der Waals surface area (Å²) in [7, 11) is 0. The van der Waals surface area contributed by atoms with Crippen LogP contribution in [0.15, 0.2) is 12.7 Å². The van der Waals surface area contributed by atoms with Crippen molar-refractivity contribution in [3.05, 3.63) is 12.7 Å². The maximum absolute atomic E-state index is 10.3. The molecular weight excluding hydrogens is 282 g/mol. The molecule has 7 heteroatoms. The number of H-pyrrole nitrogens is 1. The maximum Gasteiger partial charge on any atom is 0.182 e. The summed E-state index contributed by atoms with van der Waals surface area (Å²) in [5.41, 5.74) is 1.52. The summed E-state index contributed by atoms with van der Waals surface area (Å²) >= 11 is 0. The van der Waals surface area contributed by atoms with Gasteiger partial charge in [-0.25, -0.2) is 15.0 Å². The van der Waals surface area contributed by atoms with E-state index in [0.29, 0.717) is 12.3 Å². The first-order valence-corrected chi connectivity index (χ1v) is 7.93. The van der Waals surface area contributed by atoms with Crippen LogP contribution in [-0.2, 0) is 4.74 Å². The van der Waals surface area contributed by atoms with Crippen LogP contribution in [0.4, 0.5) is 5.82 Å². The molecule has 3 heterocycles. The normalized spacial score (nSPS) is 27.3. The SMILES string of the molecule is CCO[C@@H]1C[C@@H](O)C12CCN(c1ncnc3nc[nH]c13)CC2. The Kier molecular flexibility index (Phi) is 3.27. The second-order valence-electron chi connectivity index (χ2n) is 6.21. The summed E-state index contributed by atoms with van der Waals surface area (Å²) in [6.07, 6.45) is 5.80. The highest BCUT2D eigenvalue weighted by molar-refractivity contribution is 5.82. The summed E-state index contributed by atoms with van der Waals surface area (Å²) in [5.74, 6) is 0.902. The van der Waals surface area contributed by atoms with Crippen LogP contribution in [-0.4, -0.2) is 56.9 Å². The number of aliphatic hydroxyl groups is 1. The van der Waals surface area contributed by atoms with Crippen molar-refractivity contribution < 1.29 is 9.84 Å². The lowest BCUT2D eigenvalue weighted by molar-refractivity contribution is -0.199. The van der Waals surface area contributed by atoms with E-state index in [2.05, 4.69) is 24.8 Å². The third kappa shape index (κ3) is 1.92. The third-order valence-corrected chi connectivity index (χ3v) is 5.31. The number of imidazole rings is 1. The zero-order valence-electron chi connectivity index (χ0n) is 12.7. The highest BCUT2D eigenvalue weighted by Crippen LogP contribution is 2.51. The number of ether oxygens (including phenoxy) is 1. The molecule has 1 aliphatic heterocycles. The number of aromatic amines is 1. The molecule has 0 amide bonds. The van der Waals surface area contributed by atoms with Gasteiger partial charge in [0.1, 0.15) is 11.8 Å². The first kappa shape index (κ1) is 13.9. The minimum absolute atomic E-state index is 0.0629. The average Bonchev–Trinajstić information content (AvgIpc) is 3.03. The van der Waals surface area contributed by atoms with E-state index in [1.807, 2.05) is 6.92 Å². The molecule has 1 saturated carbocycles. The van der Waals surface area contributed by atoms with E-state index < -0.39 is 0 Å². The number of nitrogens with one attached hydrogen (secondary N) is 1. The smallest absolute Gasteiger partial charge is 0.182 e. The molecule has 2 N–H and O–H groups in total. The van der Waals surface area contributed by atoms with Crippen molar-refractivity contribution in [2.75, 3.05) is 24.6 Å². The fourth-order valence-electron chi connectivity index (χ4n) is 3.94. The Hall–Kier alpha value is -1.73. The largest absolute Gasteiger partial charge is 0.392 e. The number of anilines is 1. The van der Waals surface area contributed by atoms with Crippen LogP contribution in [0.1, 0.15) is 26.2 Å². The Morgan fingerprint density at radius 2 is 2.18 bits per heavy atom. The van der Waals surface area contributed by atoms with E-state index in [0.717, 1.165) is 43.7 Å². The van der Waals surface area contributed by atoms with Crippen LogP contribution < -0.4 is 4.90 Å². The van der Waals surface area contributed by atoms with Gasteiger partial charge >= 0.3 is 0 Å². The van der Waals surface area contributed by atoms with Crippen molar-refractivity contribution >= 4 is 17.0 Å². The molecule has 1 aliphatic carbocycles. The molecule has 7 nitrogen and oxygen atoms in total. The van der Waals surface area contributed by atoms with Crippen LogP contribution in [0.2, 0.25) is 0 Å². The lowest BCUT2D eigenvalue weighted by Gasteiger charge is -2.56. The Morgan fingerprint density at radius 3 is 2.91 bits per heavy atom. The fraction of sp³-hybridized carbons (Fsp3) is 0.667. The van der Waals surface area contributed by atoms with Crippen molar-refractivity contribution in [3.63, 3.8) is 0 Å². The van der Waals surface area contributed by atoms with Crippen molar-refractivity contribution in [1.82, 2.24) is 19.9 Å². The van der Waals surface area contributed by atoms with E-state index >= 15 is 0 Å². The maximum atomic E-state index is 10.3. The first-order valence-electron chi connectivity index (χ1n) is 7.93. The van der Waals surface area contributed by atoms with Crippen molar-refractivity contribution in [3.8, 4) is 0 Å². The molecular formula is C15H21N5O2. The minimum atomic E-state index is -0.233. The van der Waals surface area contributed by atoms with Crippen LogP contribution in [0, 0.1) is 5.41 Å². The molecule has 2 aliphatic rings. The van der Waals surface area contributed by atoms with Crippen LogP contribution >= 0.6 is 0 Å². The summed E-state index contributed by atoms with van der Waals surface area (Å²) in [6.45, 7) is 4.46. The molecule has 0 unspecified atom stereocenters. The number of aliphatic hydroxyl groups excluding tert-OH is 1. The molecule has 0 aromatic carbocycles. The highest BCUT2D eigenvalue weighted by atomic mass is 16.5. The van der Waals surface area contributed by atoms with Crippen molar-refractivity contribution in [2.45, 2.75) is 38.4 Å².